The zero-order valence-electron chi connectivity index (χ0n) is 19.4. The number of nitrogens with zero attached hydrogens (tertiary/aromatic N) is 4. The van der Waals surface area contributed by atoms with Gasteiger partial charge in [-0.1, -0.05) is 43.7 Å². The van der Waals surface area contributed by atoms with Gasteiger partial charge in [-0.2, -0.15) is 4.98 Å². The van der Waals surface area contributed by atoms with Gasteiger partial charge in [-0.15, -0.1) is 10.2 Å². The summed E-state index contributed by atoms with van der Waals surface area (Å²) in [7, 11) is 0. The highest BCUT2D eigenvalue weighted by Gasteiger charge is 2.34. The molecular weight excluding hydrogens is 436 g/mol. The lowest BCUT2D eigenvalue weighted by Crippen LogP contribution is -2.36. The molecule has 172 valence electrons. The summed E-state index contributed by atoms with van der Waals surface area (Å²) in [6.07, 6.45) is 1.38. The number of rotatable bonds is 7. The van der Waals surface area contributed by atoms with E-state index in [0.717, 1.165) is 41.0 Å². The van der Waals surface area contributed by atoms with Gasteiger partial charge in [-0.05, 0) is 55.5 Å². The molecule has 3 aromatic rings. The molecule has 1 unspecified atom stereocenters. The van der Waals surface area contributed by atoms with Gasteiger partial charge in [0, 0.05) is 18.1 Å². The number of carbonyl (C=O) groups is 1. The number of thioether (sulfide) groups is 1. The van der Waals surface area contributed by atoms with Crippen LogP contribution in [-0.4, -0.2) is 33.4 Å². The highest BCUT2D eigenvalue weighted by Crippen LogP contribution is 2.44. The van der Waals surface area contributed by atoms with E-state index in [0.29, 0.717) is 29.0 Å². The summed E-state index contributed by atoms with van der Waals surface area (Å²) < 4.78 is 12.2. The molecular formula is C25H28N4O3S. The average Bonchev–Trinajstić information content (AvgIpc) is 2.94. The lowest BCUT2D eigenvalue weighted by Gasteiger charge is -2.30. The normalized spacial score (nSPS) is 14.7. The van der Waals surface area contributed by atoms with Crippen molar-refractivity contribution in [2.24, 2.45) is 0 Å². The summed E-state index contributed by atoms with van der Waals surface area (Å²) in [4.78, 5) is 19.2. The molecule has 8 heteroatoms. The van der Waals surface area contributed by atoms with Gasteiger partial charge in [0.25, 0.3) is 0 Å². The molecule has 2 aromatic carbocycles. The van der Waals surface area contributed by atoms with Crippen molar-refractivity contribution in [3.05, 3.63) is 53.6 Å². The summed E-state index contributed by atoms with van der Waals surface area (Å²) in [5.41, 5.74) is 3.88. The Hall–Kier alpha value is -3.13. The smallest absolute Gasteiger partial charge is 0.247 e. The van der Waals surface area contributed by atoms with Crippen molar-refractivity contribution in [2.75, 3.05) is 17.3 Å². The molecule has 7 nitrogen and oxygen atoms in total. The van der Waals surface area contributed by atoms with E-state index >= 15 is 0 Å². The second-order valence-corrected chi connectivity index (χ2v) is 9.06. The van der Waals surface area contributed by atoms with Gasteiger partial charge < -0.3 is 9.47 Å². The van der Waals surface area contributed by atoms with Crippen molar-refractivity contribution in [3.8, 4) is 22.9 Å². The Bertz CT molecular complexity index is 1140. The van der Waals surface area contributed by atoms with Crippen LogP contribution >= 0.6 is 11.8 Å². The third-order valence-corrected chi connectivity index (χ3v) is 6.02. The topological polar surface area (TPSA) is 77.4 Å². The SMILES string of the molecule is CCCCOc1ccc(C2Oc3nc(SCC)nnc3-c3cc(C)ccc3N2C(C)=O)cc1. The number of anilines is 1. The van der Waals surface area contributed by atoms with Crippen LogP contribution in [0, 0.1) is 6.92 Å². The first-order chi connectivity index (χ1) is 16.0. The van der Waals surface area contributed by atoms with E-state index in [9.17, 15) is 4.79 Å². The molecule has 0 saturated carbocycles. The first-order valence-corrected chi connectivity index (χ1v) is 12.2. The Morgan fingerprint density at radius 2 is 1.94 bits per heavy atom. The second-order valence-electron chi connectivity index (χ2n) is 7.83. The van der Waals surface area contributed by atoms with Crippen LogP contribution in [0.2, 0.25) is 0 Å². The number of unbranched alkanes of at least 4 members (excludes halogenated alkanes) is 1. The minimum absolute atomic E-state index is 0.141. The van der Waals surface area contributed by atoms with Crippen LogP contribution in [0.25, 0.3) is 11.3 Å². The van der Waals surface area contributed by atoms with Crippen LogP contribution in [0.4, 0.5) is 5.69 Å². The predicted octanol–water partition coefficient (Wildman–Crippen LogP) is 5.58. The standard InChI is InChI=1S/C25H28N4O3S/c1-5-7-14-31-19-11-9-18(10-12-19)24-29(17(4)30)21-13-8-16(3)15-20(21)22-23(32-24)26-25(28-27-22)33-6-2/h8-13,15,24H,5-7,14H2,1-4H3. The van der Waals surface area contributed by atoms with E-state index in [1.807, 2.05) is 56.3 Å². The van der Waals surface area contributed by atoms with Gasteiger partial charge in [-0.25, -0.2) is 0 Å². The highest BCUT2D eigenvalue weighted by atomic mass is 32.2. The van der Waals surface area contributed by atoms with Gasteiger partial charge in [0.2, 0.25) is 23.2 Å². The third kappa shape index (κ3) is 4.95. The lowest BCUT2D eigenvalue weighted by molar-refractivity contribution is -0.118. The first kappa shape index (κ1) is 23.0. The number of aryl methyl sites for hydroxylation is 1. The van der Waals surface area contributed by atoms with E-state index in [-0.39, 0.29) is 5.91 Å². The molecule has 1 amide bonds. The maximum atomic E-state index is 12.9. The molecule has 1 atom stereocenters. The number of benzene rings is 2. The fraction of sp³-hybridized carbons (Fsp3) is 0.360. The Morgan fingerprint density at radius 3 is 2.64 bits per heavy atom. The quantitative estimate of drug-likeness (QED) is 0.333. The fourth-order valence-corrected chi connectivity index (χ4v) is 4.19. The molecule has 2 heterocycles. The maximum Gasteiger partial charge on any atom is 0.247 e. The molecule has 0 aliphatic carbocycles. The molecule has 0 radical (unpaired) electrons. The minimum atomic E-state index is -0.703. The molecule has 33 heavy (non-hydrogen) atoms. The van der Waals surface area contributed by atoms with E-state index in [1.54, 1.807) is 4.90 Å². The van der Waals surface area contributed by atoms with Gasteiger partial charge >= 0.3 is 0 Å². The minimum Gasteiger partial charge on any atom is -0.494 e. The molecule has 0 bridgehead atoms. The van der Waals surface area contributed by atoms with Crippen LogP contribution < -0.4 is 14.4 Å². The van der Waals surface area contributed by atoms with Crippen molar-refractivity contribution in [3.63, 3.8) is 0 Å². The van der Waals surface area contributed by atoms with E-state index in [1.165, 1.54) is 18.7 Å². The number of hydrogen-bond acceptors (Lipinski definition) is 7. The molecule has 0 N–H and O–H groups in total. The van der Waals surface area contributed by atoms with E-state index < -0.39 is 6.23 Å². The lowest BCUT2D eigenvalue weighted by atomic mass is 10.0. The number of aromatic nitrogens is 3. The molecule has 1 aliphatic heterocycles. The highest BCUT2D eigenvalue weighted by molar-refractivity contribution is 7.99. The van der Waals surface area contributed by atoms with Crippen molar-refractivity contribution in [2.45, 2.75) is 51.9 Å². The largest absolute Gasteiger partial charge is 0.494 e. The van der Waals surface area contributed by atoms with Gasteiger partial charge in [-0.3, -0.25) is 9.69 Å². The predicted molar refractivity (Wildman–Crippen MR) is 130 cm³/mol. The zero-order chi connectivity index (χ0) is 23.4. The van der Waals surface area contributed by atoms with Crippen LogP contribution in [0.5, 0.6) is 11.6 Å². The Labute approximate surface area is 198 Å². The van der Waals surface area contributed by atoms with Crippen molar-refractivity contribution < 1.29 is 14.3 Å². The molecule has 0 saturated heterocycles. The van der Waals surface area contributed by atoms with Crippen LogP contribution in [0.1, 0.15) is 51.0 Å². The number of fused-ring (bicyclic) bond motifs is 3. The van der Waals surface area contributed by atoms with Crippen molar-refractivity contribution in [1.82, 2.24) is 15.2 Å². The molecule has 1 aromatic heterocycles. The Balaban J connectivity index is 1.80. The number of carbonyl (C=O) groups excluding carboxylic acids is 1. The Morgan fingerprint density at radius 1 is 1.15 bits per heavy atom. The van der Waals surface area contributed by atoms with Gasteiger partial charge in [0.05, 0.1) is 12.3 Å². The Kier molecular flexibility index (Phi) is 7.13. The van der Waals surface area contributed by atoms with Gasteiger partial charge in [0.15, 0.2) is 5.69 Å². The zero-order valence-corrected chi connectivity index (χ0v) is 20.2. The third-order valence-electron chi connectivity index (χ3n) is 5.30. The molecule has 1 aliphatic rings. The maximum absolute atomic E-state index is 12.9. The van der Waals surface area contributed by atoms with E-state index in [4.69, 9.17) is 9.47 Å². The summed E-state index contributed by atoms with van der Waals surface area (Å²) in [5, 5.41) is 9.25. The molecule has 0 spiro atoms. The van der Waals surface area contributed by atoms with Crippen LogP contribution in [0.3, 0.4) is 0 Å². The number of ether oxygens (including phenoxy) is 2. The summed E-state index contributed by atoms with van der Waals surface area (Å²) in [6, 6.07) is 13.6. The summed E-state index contributed by atoms with van der Waals surface area (Å²) >= 11 is 1.49. The molecule has 0 fully saturated rings. The van der Waals surface area contributed by atoms with Gasteiger partial charge in [0.1, 0.15) is 5.75 Å². The van der Waals surface area contributed by atoms with E-state index in [2.05, 4.69) is 22.1 Å². The summed E-state index contributed by atoms with van der Waals surface area (Å²) in [6.45, 7) is 8.38. The monoisotopic (exact) mass is 464 g/mol. The fourth-order valence-electron chi connectivity index (χ4n) is 3.69. The first-order valence-electron chi connectivity index (χ1n) is 11.2. The van der Waals surface area contributed by atoms with Crippen molar-refractivity contribution >= 4 is 23.4 Å². The van der Waals surface area contributed by atoms with Crippen molar-refractivity contribution in [1.29, 1.82) is 0 Å². The molecule has 4 rings (SSSR count). The summed E-state index contributed by atoms with van der Waals surface area (Å²) in [5.74, 6) is 1.83. The average molecular weight is 465 g/mol. The number of hydrogen-bond donors (Lipinski definition) is 0. The van der Waals surface area contributed by atoms with Crippen LogP contribution in [-0.2, 0) is 4.79 Å². The second kappa shape index (κ2) is 10.2. The van der Waals surface area contributed by atoms with Crippen LogP contribution in [0.15, 0.2) is 47.6 Å². The number of amides is 1.